The average Bonchev–Trinajstić information content (AvgIpc) is 2.34. The van der Waals surface area contributed by atoms with Crippen LogP contribution in [0.1, 0.15) is 0 Å². The van der Waals surface area contributed by atoms with Crippen molar-refractivity contribution in [2.24, 2.45) is 0 Å². The smallest absolute Gasteiger partial charge is 0.504 e. The number of halogens is 5. The summed E-state index contributed by atoms with van der Waals surface area (Å²) in [6.07, 6.45) is -4.87. The fourth-order valence-electron chi connectivity index (χ4n) is 1.62. The molecule has 2 aromatic carbocycles. The number of alkyl halides is 3. The second-order valence-corrected chi connectivity index (χ2v) is 4.62. The van der Waals surface area contributed by atoms with Gasteiger partial charge in [-0.15, -0.1) is 13.2 Å². The quantitative estimate of drug-likeness (QED) is 0.816. The standard InChI is InChI=1S/C13H7Cl2F3O2/c14-9-3-1-2-8(12(9)15)7-4-5-11(10(19)6-7)20-13(16,17)18/h1-6,19H. The number of hydrogen-bond donors (Lipinski definition) is 1. The lowest BCUT2D eigenvalue weighted by Crippen LogP contribution is -2.17. The van der Waals surface area contributed by atoms with Gasteiger partial charge in [-0.25, -0.2) is 0 Å². The Morgan fingerprint density at radius 1 is 1.05 bits per heavy atom. The molecule has 20 heavy (non-hydrogen) atoms. The van der Waals surface area contributed by atoms with Crippen LogP contribution in [0.3, 0.4) is 0 Å². The van der Waals surface area contributed by atoms with Crippen molar-refractivity contribution in [3.8, 4) is 22.6 Å². The molecule has 7 heteroatoms. The lowest BCUT2D eigenvalue weighted by molar-refractivity contribution is -0.275. The summed E-state index contributed by atoms with van der Waals surface area (Å²) in [5, 5.41) is 10.1. The van der Waals surface area contributed by atoms with E-state index in [0.29, 0.717) is 16.1 Å². The van der Waals surface area contributed by atoms with E-state index in [2.05, 4.69) is 4.74 Å². The SMILES string of the molecule is Oc1cc(-c2cccc(Cl)c2Cl)ccc1OC(F)(F)F. The highest BCUT2D eigenvalue weighted by atomic mass is 35.5. The van der Waals surface area contributed by atoms with Crippen LogP contribution in [0.2, 0.25) is 10.0 Å². The Morgan fingerprint density at radius 2 is 1.75 bits per heavy atom. The molecule has 1 N–H and O–H groups in total. The Labute approximate surface area is 122 Å². The van der Waals surface area contributed by atoms with Crippen LogP contribution in [0, 0.1) is 0 Å². The highest BCUT2D eigenvalue weighted by Gasteiger charge is 2.32. The van der Waals surface area contributed by atoms with Crippen molar-refractivity contribution in [2.45, 2.75) is 6.36 Å². The molecule has 0 unspecified atom stereocenters. The first-order valence-electron chi connectivity index (χ1n) is 5.31. The maximum absolute atomic E-state index is 12.1. The number of hydrogen-bond acceptors (Lipinski definition) is 2. The van der Waals surface area contributed by atoms with Gasteiger partial charge in [-0.05, 0) is 23.8 Å². The van der Waals surface area contributed by atoms with Crippen molar-refractivity contribution in [2.75, 3.05) is 0 Å². The largest absolute Gasteiger partial charge is 0.573 e. The molecule has 0 aliphatic rings. The van der Waals surface area contributed by atoms with Gasteiger partial charge in [-0.2, -0.15) is 0 Å². The number of phenolic OH excluding ortho intramolecular Hbond substituents is 1. The third-order valence-corrected chi connectivity index (χ3v) is 3.27. The molecule has 2 rings (SSSR count). The van der Waals surface area contributed by atoms with Gasteiger partial charge in [0.1, 0.15) is 0 Å². The Kier molecular flexibility index (Phi) is 4.01. The fourth-order valence-corrected chi connectivity index (χ4v) is 2.03. The molecular weight excluding hydrogens is 316 g/mol. The molecule has 0 spiro atoms. The third-order valence-electron chi connectivity index (χ3n) is 2.45. The van der Waals surface area contributed by atoms with Gasteiger partial charge in [0.05, 0.1) is 10.0 Å². The van der Waals surface area contributed by atoms with E-state index >= 15 is 0 Å². The van der Waals surface area contributed by atoms with Crippen LogP contribution in [0.4, 0.5) is 13.2 Å². The third kappa shape index (κ3) is 3.29. The maximum Gasteiger partial charge on any atom is 0.573 e. The molecule has 2 nitrogen and oxygen atoms in total. The molecule has 0 saturated heterocycles. The summed E-state index contributed by atoms with van der Waals surface area (Å²) >= 11 is 11.9. The maximum atomic E-state index is 12.1. The molecule has 0 aromatic heterocycles. The van der Waals surface area contributed by atoms with Gasteiger partial charge in [-0.3, -0.25) is 0 Å². The van der Waals surface area contributed by atoms with E-state index < -0.39 is 17.9 Å². The van der Waals surface area contributed by atoms with Gasteiger partial charge in [0, 0.05) is 5.56 Å². The van der Waals surface area contributed by atoms with E-state index in [0.717, 1.165) is 12.1 Å². The summed E-state index contributed by atoms with van der Waals surface area (Å²) in [5.41, 5.74) is 0.914. The van der Waals surface area contributed by atoms with E-state index in [4.69, 9.17) is 23.2 Å². The first kappa shape index (κ1) is 14.8. The monoisotopic (exact) mass is 322 g/mol. The van der Waals surface area contributed by atoms with Gasteiger partial charge in [0.2, 0.25) is 0 Å². The van der Waals surface area contributed by atoms with Crippen LogP contribution in [-0.4, -0.2) is 11.5 Å². The van der Waals surface area contributed by atoms with E-state index in [-0.39, 0.29) is 5.02 Å². The zero-order chi connectivity index (χ0) is 14.9. The van der Waals surface area contributed by atoms with E-state index in [9.17, 15) is 18.3 Å². The molecule has 0 fully saturated rings. The fraction of sp³-hybridized carbons (Fsp3) is 0.0769. The minimum Gasteiger partial charge on any atom is -0.504 e. The molecule has 0 aliphatic heterocycles. The van der Waals surface area contributed by atoms with Crippen LogP contribution >= 0.6 is 23.2 Å². The normalized spacial score (nSPS) is 11.4. The first-order valence-corrected chi connectivity index (χ1v) is 6.06. The van der Waals surface area contributed by atoms with E-state index in [1.165, 1.54) is 6.07 Å². The molecule has 0 bridgehead atoms. The average molecular weight is 323 g/mol. The summed E-state index contributed by atoms with van der Waals surface area (Å²) in [6, 6.07) is 8.33. The van der Waals surface area contributed by atoms with Crippen molar-refractivity contribution < 1.29 is 23.0 Å². The molecule has 0 heterocycles. The highest BCUT2D eigenvalue weighted by molar-refractivity contribution is 6.43. The molecule has 2 aromatic rings. The van der Waals surface area contributed by atoms with Crippen molar-refractivity contribution >= 4 is 23.2 Å². The van der Waals surface area contributed by atoms with Crippen molar-refractivity contribution in [3.63, 3.8) is 0 Å². The number of phenols is 1. The molecule has 0 atom stereocenters. The van der Waals surface area contributed by atoms with E-state index in [1.807, 2.05) is 0 Å². The summed E-state index contributed by atoms with van der Waals surface area (Å²) < 4.78 is 39.9. The predicted octanol–water partition coefficient (Wildman–Crippen LogP) is 5.26. The number of ether oxygens (including phenoxy) is 1. The molecule has 106 valence electrons. The zero-order valence-electron chi connectivity index (χ0n) is 9.71. The first-order chi connectivity index (χ1) is 9.28. The minimum atomic E-state index is -4.87. The number of rotatable bonds is 2. The van der Waals surface area contributed by atoms with Crippen LogP contribution in [0.25, 0.3) is 11.1 Å². The van der Waals surface area contributed by atoms with Crippen molar-refractivity contribution in [1.82, 2.24) is 0 Å². The lowest BCUT2D eigenvalue weighted by atomic mass is 10.1. The van der Waals surface area contributed by atoms with E-state index in [1.54, 1.807) is 18.2 Å². The molecule has 0 aliphatic carbocycles. The van der Waals surface area contributed by atoms with Gasteiger partial charge in [-0.1, -0.05) is 41.4 Å². The zero-order valence-corrected chi connectivity index (χ0v) is 11.2. The molecule has 0 saturated carbocycles. The van der Waals surface area contributed by atoms with Gasteiger partial charge in [0.15, 0.2) is 11.5 Å². The Balaban J connectivity index is 2.41. The van der Waals surface area contributed by atoms with Gasteiger partial charge < -0.3 is 9.84 Å². The summed E-state index contributed by atoms with van der Waals surface area (Å²) in [4.78, 5) is 0. The van der Waals surface area contributed by atoms with Crippen LogP contribution < -0.4 is 4.74 Å². The van der Waals surface area contributed by atoms with Gasteiger partial charge >= 0.3 is 6.36 Å². The van der Waals surface area contributed by atoms with Gasteiger partial charge in [0.25, 0.3) is 0 Å². The number of benzene rings is 2. The minimum absolute atomic E-state index is 0.248. The molecule has 0 amide bonds. The van der Waals surface area contributed by atoms with Crippen LogP contribution in [0.5, 0.6) is 11.5 Å². The number of aromatic hydroxyl groups is 1. The topological polar surface area (TPSA) is 29.5 Å². The Morgan fingerprint density at radius 3 is 2.35 bits per heavy atom. The summed E-state index contributed by atoms with van der Waals surface area (Å²) in [6.45, 7) is 0. The second kappa shape index (κ2) is 5.42. The Hall–Kier alpha value is -1.59. The van der Waals surface area contributed by atoms with Crippen molar-refractivity contribution in [1.29, 1.82) is 0 Å². The van der Waals surface area contributed by atoms with Crippen molar-refractivity contribution in [3.05, 3.63) is 46.4 Å². The highest BCUT2D eigenvalue weighted by Crippen LogP contribution is 2.38. The predicted molar refractivity (Wildman–Crippen MR) is 70.2 cm³/mol. The lowest BCUT2D eigenvalue weighted by Gasteiger charge is -2.12. The molecular formula is C13H7Cl2F3O2. The second-order valence-electron chi connectivity index (χ2n) is 3.83. The summed E-state index contributed by atoms with van der Waals surface area (Å²) in [5.74, 6) is -1.32. The molecule has 0 radical (unpaired) electrons. The van der Waals surface area contributed by atoms with Crippen LogP contribution in [-0.2, 0) is 0 Å². The van der Waals surface area contributed by atoms with Crippen LogP contribution in [0.15, 0.2) is 36.4 Å². The Bertz CT molecular complexity index is 642. The summed E-state index contributed by atoms with van der Waals surface area (Å²) in [7, 11) is 0.